The van der Waals surface area contributed by atoms with E-state index >= 15 is 0 Å². The fraction of sp³-hybridized carbons (Fsp3) is 0.474. The zero-order chi connectivity index (χ0) is 18.1. The first kappa shape index (κ1) is 16.9. The molecular weight excluding hydrogens is 332 g/mol. The summed E-state index contributed by atoms with van der Waals surface area (Å²) in [4.78, 5) is 11.1. The van der Waals surface area contributed by atoms with E-state index in [4.69, 9.17) is 19.2 Å². The van der Waals surface area contributed by atoms with Crippen molar-refractivity contribution in [3.05, 3.63) is 35.2 Å². The van der Waals surface area contributed by atoms with Crippen LogP contribution in [0, 0.1) is 0 Å². The average molecular weight is 356 g/mol. The number of hydrogen-bond acceptors (Lipinski definition) is 7. The molecule has 4 rings (SSSR count). The molecule has 1 atom stereocenters. The minimum Gasteiger partial charge on any atom is -0.493 e. The minimum atomic E-state index is 0.240. The van der Waals surface area contributed by atoms with Crippen LogP contribution in [0.3, 0.4) is 0 Å². The Morgan fingerprint density at radius 1 is 1.31 bits per heavy atom. The van der Waals surface area contributed by atoms with E-state index in [1.807, 2.05) is 37.3 Å². The zero-order valence-electron chi connectivity index (χ0n) is 15.4. The summed E-state index contributed by atoms with van der Waals surface area (Å²) in [5.41, 5.74) is 3.45. The maximum atomic E-state index is 5.51. The molecule has 138 valence electrons. The summed E-state index contributed by atoms with van der Waals surface area (Å²) < 4.78 is 16.4. The van der Waals surface area contributed by atoms with Gasteiger partial charge in [0.25, 0.3) is 0 Å². The van der Waals surface area contributed by atoms with Gasteiger partial charge in [-0.25, -0.2) is 9.97 Å². The standard InChI is InChI=1S/C19H24N4O3/c1-23(2)19-21-10-13-14(5-4-6-15(13)22-19)20-9-12-7-16(24-3)18-17(8-12)25-11-26-18/h7-8,10,14,20H,4-6,9,11H2,1-3H3/t14-/m0/s1. The highest BCUT2D eigenvalue weighted by Gasteiger charge is 2.24. The van der Waals surface area contributed by atoms with Gasteiger partial charge in [-0.3, -0.25) is 0 Å². The molecule has 26 heavy (non-hydrogen) atoms. The third kappa shape index (κ3) is 3.14. The van der Waals surface area contributed by atoms with Crippen molar-refractivity contribution in [1.82, 2.24) is 15.3 Å². The zero-order valence-corrected chi connectivity index (χ0v) is 15.4. The number of rotatable bonds is 5. The van der Waals surface area contributed by atoms with Crippen LogP contribution in [-0.4, -0.2) is 38.0 Å². The Bertz CT molecular complexity index is 810. The molecule has 0 spiro atoms. The highest BCUT2D eigenvalue weighted by atomic mass is 16.7. The van der Waals surface area contributed by atoms with Crippen molar-refractivity contribution in [3.8, 4) is 17.2 Å². The lowest BCUT2D eigenvalue weighted by Crippen LogP contribution is -2.26. The van der Waals surface area contributed by atoms with Crippen molar-refractivity contribution in [1.29, 1.82) is 0 Å². The maximum Gasteiger partial charge on any atom is 0.231 e. The number of ether oxygens (including phenoxy) is 3. The van der Waals surface area contributed by atoms with E-state index in [0.29, 0.717) is 18.0 Å². The van der Waals surface area contributed by atoms with Crippen LogP contribution < -0.4 is 24.4 Å². The number of nitrogens with one attached hydrogen (secondary N) is 1. The molecule has 7 heteroatoms. The van der Waals surface area contributed by atoms with Crippen LogP contribution in [0.2, 0.25) is 0 Å². The Morgan fingerprint density at radius 3 is 3.00 bits per heavy atom. The summed E-state index contributed by atoms with van der Waals surface area (Å²) >= 11 is 0. The lowest BCUT2D eigenvalue weighted by molar-refractivity contribution is 0.171. The van der Waals surface area contributed by atoms with Crippen molar-refractivity contribution in [2.24, 2.45) is 0 Å². The van der Waals surface area contributed by atoms with Gasteiger partial charge in [0.15, 0.2) is 11.5 Å². The summed E-state index contributed by atoms with van der Waals surface area (Å²) in [6, 6.07) is 4.26. The van der Waals surface area contributed by atoms with Gasteiger partial charge in [0.05, 0.1) is 12.8 Å². The molecule has 1 aromatic heterocycles. The van der Waals surface area contributed by atoms with Crippen LogP contribution in [-0.2, 0) is 13.0 Å². The molecule has 1 N–H and O–H groups in total. The van der Waals surface area contributed by atoms with Crippen molar-refractivity contribution in [3.63, 3.8) is 0 Å². The van der Waals surface area contributed by atoms with Crippen LogP contribution in [0.4, 0.5) is 5.95 Å². The summed E-state index contributed by atoms with van der Waals surface area (Å²) in [5, 5.41) is 3.64. The highest BCUT2D eigenvalue weighted by molar-refractivity contribution is 5.55. The summed E-state index contributed by atoms with van der Waals surface area (Å²) in [7, 11) is 5.58. The second kappa shape index (κ2) is 6.99. The Morgan fingerprint density at radius 2 is 2.19 bits per heavy atom. The van der Waals surface area contributed by atoms with E-state index < -0.39 is 0 Å². The van der Waals surface area contributed by atoms with E-state index in [1.165, 1.54) is 5.56 Å². The Hall–Kier alpha value is -2.54. The topological polar surface area (TPSA) is 68.7 Å². The Kier molecular flexibility index (Phi) is 4.55. The summed E-state index contributed by atoms with van der Waals surface area (Å²) in [5.74, 6) is 2.90. The molecule has 0 amide bonds. The second-order valence-corrected chi connectivity index (χ2v) is 6.82. The first-order valence-corrected chi connectivity index (χ1v) is 8.88. The van der Waals surface area contributed by atoms with Crippen LogP contribution in [0.25, 0.3) is 0 Å². The number of fused-ring (bicyclic) bond motifs is 2. The molecule has 1 aromatic carbocycles. The molecular formula is C19H24N4O3. The third-order valence-corrected chi connectivity index (χ3v) is 4.84. The number of methoxy groups -OCH3 is 1. The SMILES string of the molecule is COc1cc(CN[C@H]2CCCc3nc(N(C)C)ncc32)cc2c1OCO2. The van der Waals surface area contributed by atoms with Gasteiger partial charge in [-0.05, 0) is 37.0 Å². The highest BCUT2D eigenvalue weighted by Crippen LogP contribution is 2.42. The number of aryl methyl sites for hydroxylation is 1. The van der Waals surface area contributed by atoms with Gasteiger partial charge < -0.3 is 24.4 Å². The Balaban J connectivity index is 1.51. The molecule has 7 nitrogen and oxygen atoms in total. The molecule has 0 bridgehead atoms. The molecule has 0 radical (unpaired) electrons. The van der Waals surface area contributed by atoms with Gasteiger partial charge in [-0.15, -0.1) is 0 Å². The minimum absolute atomic E-state index is 0.240. The number of nitrogens with zero attached hydrogens (tertiary/aromatic N) is 3. The predicted octanol–water partition coefficient (Wildman–Crippen LogP) is 2.45. The number of benzene rings is 1. The van der Waals surface area contributed by atoms with Gasteiger partial charge in [0.2, 0.25) is 18.5 Å². The fourth-order valence-corrected chi connectivity index (χ4v) is 3.49. The van der Waals surface area contributed by atoms with Crippen molar-refractivity contribution in [2.45, 2.75) is 31.8 Å². The molecule has 2 aliphatic rings. The lowest BCUT2D eigenvalue weighted by Gasteiger charge is -2.26. The van der Waals surface area contributed by atoms with Crippen LogP contribution >= 0.6 is 0 Å². The van der Waals surface area contributed by atoms with E-state index in [1.54, 1.807) is 7.11 Å². The van der Waals surface area contributed by atoms with E-state index in [-0.39, 0.29) is 12.8 Å². The second-order valence-electron chi connectivity index (χ2n) is 6.82. The molecule has 0 saturated carbocycles. The van der Waals surface area contributed by atoms with Gasteiger partial charge in [-0.2, -0.15) is 0 Å². The molecule has 0 unspecified atom stereocenters. The number of aromatic nitrogens is 2. The first-order chi connectivity index (χ1) is 12.7. The van der Waals surface area contributed by atoms with Crippen LogP contribution in [0.1, 0.15) is 35.7 Å². The predicted molar refractivity (Wildman–Crippen MR) is 98.0 cm³/mol. The molecule has 0 fully saturated rings. The maximum absolute atomic E-state index is 5.51. The fourth-order valence-electron chi connectivity index (χ4n) is 3.49. The molecule has 2 heterocycles. The van der Waals surface area contributed by atoms with E-state index in [0.717, 1.165) is 42.2 Å². The van der Waals surface area contributed by atoms with Crippen LogP contribution in [0.5, 0.6) is 17.2 Å². The summed E-state index contributed by atoms with van der Waals surface area (Å²) in [6.45, 7) is 0.955. The smallest absolute Gasteiger partial charge is 0.231 e. The van der Waals surface area contributed by atoms with E-state index in [9.17, 15) is 0 Å². The number of hydrogen-bond donors (Lipinski definition) is 1. The molecule has 0 saturated heterocycles. The van der Waals surface area contributed by atoms with Gasteiger partial charge in [-0.1, -0.05) is 0 Å². The Labute approximate surface area is 153 Å². The quantitative estimate of drug-likeness (QED) is 0.882. The van der Waals surface area contributed by atoms with Crippen molar-refractivity contribution < 1.29 is 14.2 Å². The van der Waals surface area contributed by atoms with Crippen molar-refractivity contribution in [2.75, 3.05) is 32.9 Å². The lowest BCUT2D eigenvalue weighted by atomic mass is 9.92. The van der Waals surface area contributed by atoms with Crippen LogP contribution in [0.15, 0.2) is 18.3 Å². The molecule has 1 aliphatic heterocycles. The number of anilines is 1. The average Bonchev–Trinajstić information content (AvgIpc) is 3.13. The largest absolute Gasteiger partial charge is 0.493 e. The van der Waals surface area contributed by atoms with E-state index in [2.05, 4.69) is 10.3 Å². The van der Waals surface area contributed by atoms with Gasteiger partial charge in [0, 0.05) is 38.4 Å². The molecule has 2 aromatic rings. The monoisotopic (exact) mass is 356 g/mol. The summed E-state index contributed by atoms with van der Waals surface area (Å²) in [6.07, 6.45) is 5.18. The molecule has 1 aliphatic carbocycles. The van der Waals surface area contributed by atoms with Gasteiger partial charge in [0.1, 0.15) is 0 Å². The first-order valence-electron chi connectivity index (χ1n) is 8.88. The third-order valence-electron chi connectivity index (χ3n) is 4.84. The van der Waals surface area contributed by atoms with Gasteiger partial charge >= 0.3 is 0 Å². The normalized spacial score (nSPS) is 17.7. The van der Waals surface area contributed by atoms with Crippen molar-refractivity contribution >= 4 is 5.95 Å².